The minimum Gasteiger partial charge on any atom is -0.348 e. The summed E-state index contributed by atoms with van der Waals surface area (Å²) in [6, 6.07) is 6.77. The third kappa shape index (κ3) is 6.60. The van der Waals surface area contributed by atoms with Crippen molar-refractivity contribution in [3.63, 3.8) is 0 Å². The summed E-state index contributed by atoms with van der Waals surface area (Å²) < 4.78 is 0. The predicted molar refractivity (Wildman–Crippen MR) is 87.4 cm³/mol. The lowest BCUT2D eigenvalue weighted by molar-refractivity contribution is -0.123. The minimum atomic E-state index is -0.471. The van der Waals surface area contributed by atoms with Crippen molar-refractivity contribution in [3.8, 4) is 0 Å². The van der Waals surface area contributed by atoms with Gasteiger partial charge in [0.05, 0.1) is 12.1 Å². The number of hydrogen-bond donors (Lipinski definition) is 3. The molecule has 0 saturated heterocycles. The summed E-state index contributed by atoms with van der Waals surface area (Å²) in [6.45, 7) is 5.35. The minimum absolute atomic E-state index is 0. The molecule has 2 unspecified atom stereocenters. The van der Waals surface area contributed by atoms with Crippen LogP contribution in [0.1, 0.15) is 45.2 Å². The van der Waals surface area contributed by atoms with E-state index in [-0.39, 0.29) is 30.3 Å². The van der Waals surface area contributed by atoms with Gasteiger partial charge >= 0.3 is 0 Å². The van der Waals surface area contributed by atoms with E-state index in [2.05, 4.69) is 10.6 Å². The van der Waals surface area contributed by atoms with Crippen molar-refractivity contribution >= 4 is 29.9 Å². The van der Waals surface area contributed by atoms with E-state index < -0.39 is 6.04 Å². The fraction of sp³-hybridized carbons (Fsp3) is 0.467. The van der Waals surface area contributed by atoms with Crippen molar-refractivity contribution in [3.05, 3.63) is 29.8 Å². The number of anilines is 1. The van der Waals surface area contributed by atoms with Crippen LogP contribution in [0.25, 0.3) is 0 Å². The van der Waals surface area contributed by atoms with Crippen molar-refractivity contribution < 1.29 is 9.59 Å². The summed E-state index contributed by atoms with van der Waals surface area (Å²) in [7, 11) is 0. The molecule has 0 aliphatic rings. The average molecular weight is 314 g/mol. The number of hydrogen-bond acceptors (Lipinski definition) is 3. The molecule has 5 nitrogen and oxygen atoms in total. The highest BCUT2D eigenvalue weighted by atomic mass is 35.5. The molecular weight excluding hydrogens is 290 g/mol. The molecule has 0 aromatic heterocycles. The quantitative estimate of drug-likeness (QED) is 0.754. The van der Waals surface area contributed by atoms with E-state index in [1.807, 2.05) is 38.1 Å². The zero-order valence-corrected chi connectivity index (χ0v) is 13.5. The van der Waals surface area contributed by atoms with Gasteiger partial charge < -0.3 is 16.4 Å². The highest BCUT2D eigenvalue weighted by molar-refractivity contribution is 5.88. The van der Waals surface area contributed by atoms with Crippen molar-refractivity contribution in [2.45, 2.75) is 45.7 Å². The molecule has 0 aliphatic carbocycles. The van der Waals surface area contributed by atoms with Gasteiger partial charge in [-0.15, -0.1) is 12.4 Å². The normalized spacial score (nSPS) is 12.8. The zero-order valence-electron chi connectivity index (χ0n) is 12.7. The lowest BCUT2D eigenvalue weighted by atomic mass is 10.1. The van der Waals surface area contributed by atoms with Gasteiger partial charge in [-0.25, -0.2) is 0 Å². The van der Waals surface area contributed by atoms with Gasteiger partial charge in [0.1, 0.15) is 0 Å². The number of nitrogens with two attached hydrogens (primary N) is 1. The molecule has 6 heteroatoms. The largest absolute Gasteiger partial charge is 0.348 e. The van der Waals surface area contributed by atoms with Gasteiger partial charge in [0.25, 0.3) is 0 Å². The predicted octanol–water partition coefficient (Wildman–Crippen LogP) is 2.37. The standard InChI is InChI=1S/C15H23N3O2.ClH/c1-4-6-14(16)15(20)17-10(2)12-7-5-8-13(9-12)18-11(3)19;/h5,7-10,14H,4,6,16H2,1-3H3,(H,17,20)(H,18,19);1H. The van der Waals surface area contributed by atoms with Crippen LogP contribution in [0.15, 0.2) is 24.3 Å². The maximum atomic E-state index is 11.9. The molecule has 0 spiro atoms. The van der Waals surface area contributed by atoms with Crippen LogP contribution in [-0.2, 0) is 9.59 Å². The van der Waals surface area contributed by atoms with Crippen LogP contribution >= 0.6 is 12.4 Å². The molecule has 2 amide bonds. The van der Waals surface area contributed by atoms with Gasteiger partial charge in [0, 0.05) is 12.6 Å². The van der Waals surface area contributed by atoms with Crippen LogP contribution in [0.5, 0.6) is 0 Å². The fourth-order valence-corrected chi connectivity index (χ4v) is 1.93. The molecule has 4 N–H and O–H groups in total. The summed E-state index contributed by atoms with van der Waals surface area (Å²) >= 11 is 0. The molecule has 0 saturated carbocycles. The smallest absolute Gasteiger partial charge is 0.237 e. The van der Waals surface area contributed by atoms with Crippen molar-refractivity contribution in [1.82, 2.24) is 5.32 Å². The molecule has 0 radical (unpaired) electrons. The van der Waals surface area contributed by atoms with E-state index in [9.17, 15) is 9.59 Å². The number of nitrogens with one attached hydrogen (secondary N) is 2. The molecule has 0 heterocycles. The number of carbonyl (C=O) groups excluding carboxylic acids is 2. The van der Waals surface area contributed by atoms with Gasteiger partial charge in [-0.05, 0) is 31.0 Å². The maximum Gasteiger partial charge on any atom is 0.237 e. The topological polar surface area (TPSA) is 84.2 Å². The Labute approximate surface area is 132 Å². The summed E-state index contributed by atoms with van der Waals surface area (Å²) in [5.74, 6) is -0.270. The van der Waals surface area contributed by atoms with Crippen LogP contribution in [0, 0.1) is 0 Å². The van der Waals surface area contributed by atoms with E-state index >= 15 is 0 Å². The van der Waals surface area contributed by atoms with Gasteiger partial charge in [-0.2, -0.15) is 0 Å². The van der Waals surface area contributed by atoms with Crippen molar-refractivity contribution in [2.24, 2.45) is 5.73 Å². The molecule has 0 bridgehead atoms. The summed E-state index contributed by atoms with van der Waals surface area (Å²) in [5, 5.41) is 5.60. The second kappa shape index (κ2) is 9.37. The molecular formula is C15H24ClN3O2. The lowest BCUT2D eigenvalue weighted by Gasteiger charge is -2.18. The Hall–Kier alpha value is -1.59. The van der Waals surface area contributed by atoms with Gasteiger partial charge in [-0.1, -0.05) is 25.5 Å². The first-order valence-electron chi connectivity index (χ1n) is 6.87. The number of halogens is 1. The van der Waals surface area contributed by atoms with Crippen LogP contribution in [0.2, 0.25) is 0 Å². The maximum absolute atomic E-state index is 11.9. The van der Waals surface area contributed by atoms with Crippen LogP contribution < -0.4 is 16.4 Å². The van der Waals surface area contributed by atoms with E-state index in [1.54, 1.807) is 0 Å². The Morgan fingerprint density at radius 2 is 2.00 bits per heavy atom. The summed E-state index contributed by atoms with van der Waals surface area (Å²) in [4.78, 5) is 22.9. The molecule has 0 aliphatic heterocycles. The number of carbonyl (C=O) groups is 2. The van der Waals surface area contributed by atoms with Crippen LogP contribution in [0.4, 0.5) is 5.69 Å². The zero-order chi connectivity index (χ0) is 15.1. The highest BCUT2D eigenvalue weighted by Gasteiger charge is 2.15. The number of benzene rings is 1. The van der Waals surface area contributed by atoms with Gasteiger partial charge in [0.2, 0.25) is 11.8 Å². The van der Waals surface area contributed by atoms with E-state index in [0.717, 1.165) is 12.0 Å². The summed E-state index contributed by atoms with van der Waals surface area (Å²) in [5.41, 5.74) is 7.42. The van der Waals surface area contributed by atoms with Crippen LogP contribution in [0.3, 0.4) is 0 Å². The molecule has 1 rings (SSSR count). The molecule has 118 valence electrons. The molecule has 2 atom stereocenters. The Morgan fingerprint density at radius 1 is 1.33 bits per heavy atom. The first kappa shape index (κ1) is 19.4. The molecule has 21 heavy (non-hydrogen) atoms. The Bertz CT molecular complexity index is 480. The molecule has 1 aromatic carbocycles. The Kier molecular flexibility index (Phi) is 8.66. The summed E-state index contributed by atoms with van der Waals surface area (Å²) in [6.07, 6.45) is 1.55. The Morgan fingerprint density at radius 3 is 2.57 bits per heavy atom. The number of amides is 2. The number of rotatable bonds is 6. The van der Waals surface area contributed by atoms with E-state index in [1.165, 1.54) is 6.92 Å². The second-order valence-corrected chi connectivity index (χ2v) is 4.93. The van der Waals surface area contributed by atoms with Crippen molar-refractivity contribution in [2.75, 3.05) is 5.32 Å². The first-order chi connectivity index (χ1) is 9.43. The molecule has 1 aromatic rings. The fourth-order valence-electron chi connectivity index (χ4n) is 1.93. The SMILES string of the molecule is CCCC(N)C(=O)NC(C)c1cccc(NC(C)=O)c1.Cl. The third-order valence-electron chi connectivity index (χ3n) is 3.00. The lowest BCUT2D eigenvalue weighted by Crippen LogP contribution is -2.41. The second-order valence-electron chi connectivity index (χ2n) is 4.93. The first-order valence-corrected chi connectivity index (χ1v) is 6.87. The van der Waals surface area contributed by atoms with E-state index in [4.69, 9.17) is 5.73 Å². The highest BCUT2D eigenvalue weighted by Crippen LogP contribution is 2.17. The average Bonchev–Trinajstić information content (AvgIpc) is 2.38. The molecule has 0 fully saturated rings. The van der Waals surface area contributed by atoms with Crippen LogP contribution in [-0.4, -0.2) is 17.9 Å². The van der Waals surface area contributed by atoms with Gasteiger partial charge in [-0.3, -0.25) is 9.59 Å². The van der Waals surface area contributed by atoms with E-state index in [0.29, 0.717) is 12.1 Å². The van der Waals surface area contributed by atoms with Crippen molar-refractivity contribution in [1.29, 1.82) is 0 Å². The third-order valence-corrected chi connectivity index (χ3v) is 3.00. The Balaban J connectivity index is 0.00000400. The van der Waals surface area contributed by atoms with Gasteiger partial charge in [0.15, 0.2) is 0 Å². The monoisotopic (exact) mass is 313 g/mol.